The summed E-state index contributed by atoms with van der Waals surface area (Å²) in [5.41, 5.74) is 1.19. The van der Waals surface area contributed by atoms with Crippen LogP contribution >= 0.6 is 0 Å². The highest BCUT2D eigenvalue weighted by Crippen LogP contribution is 2.12. The summed E-state index contributed by atoms with van der Waals surface area (Å²) in [6, 6.07) is 16.3. The maximum absolute atomic E-state index is 4.50. The molecule has 4 nitrogen and oxygen atoms in total. The van der Waals surface area contributed by atoms with Gasteiger partial charge in [0.15, 0.2) is 0 Å². The van der Waals surface area contributed by atoms with Crippen LogP contribution in [0.3, 0.4) is 0 Å². The normalized spacial score (nSPS) is 15.8. The average Bonchev–Trinajstić information content (AvgIpc) is 2.61. The summed E-state index contributed by atoms with van der Waals surface area (Å²) in [6.07, 6.45) is 7.76. The Hall–Kier alpha value is -2.62. The van der Waals surface area contributed by atoms with Gasteiger partial charge < -0.3 is 4.90 Å². The summed E-state index contributed by atoms with van der Waals surface area (Å²) < 4.78 is 0. The predicted octanol–water partition coefficient (Wildman–Crippen LogP) is 2.90. The van der Waals surface area contributed by atoms with Crippen LogP contribution in [0.1, 0.15) is 5.56 Å². The first kappa shape index (κ1) is 14.3. The molecule has 0 saturated carbocycles. The average molecular weight is 292 g/mol. The van der Waals surface area contributed by atoms with E-state index in [0.717, 1.165) is 32.0 Å². The molecule has 0 radical (unpaired) electrons. The molecule has 2 aromatic rings. The SMILES string of the molecule is C(=C\c1ccccc1)/C=N/N1CCN(c2ccccn2)CC1. The molecule has 112 valence electrons. The van der Waals surface area contributed by atoms with E-state index in [2.05, 4.69) is 44.3 Å². The van der Waals surface area contributed by atoms with Crippen molar-refractivity contribution < 1.29 is 0 Å². The molecule has 22 heavy (non-hydrogen) atoms. The van der Waals surface area contributed by atoms with Crippen molar-refractivity contribution >= 4 is 18.1 Å². The monoisotopic (exact) mass is 292 g/mol. The molecule has 1 aliphatic heterocycles. The molecule has 0 unspecified atom stereocenters. The van der Waals surface area contributed by atoms with Crippen molar-refractivity contribution in [3.8, 4) is 0 Å². The molecule has 0 atom stereocenters. The molecule has 1 aliphatic rings. The predicted molar refractivity (Wildman–Crippen MR) is 92.0 cm³/mol. The van der Waals surface area contributed by atoms with Gasteiger partial charge in [-0.1, -0.05) is 42.5 Å². The highest BCUT2D eigenvalue weighted by molar-refractivity contribution is 5.77. The van der Waals surface area contributed by atoms with Crippen molar-refractivity contribution in [1.29, 1.82) is 0 Å². The second-order valence-electron chi connectivity index (χ2n) is 5.16. The van der Waals surface area contributed by atoms with Crippen LogP contribution in [-0.4, -0.2) is 42.4 Å². The topological polar surface area (TPSA) is 31.7 Å². The number of hydrogen-bond donors (Lipinski definition) is 0. The van der Waals surface area contributed by atoms with Gasteiger partial charge in [-0.25, -0.2) is 4.98 Å². The van der Waals surface area contributed by atoms with Crippen molar-refractivity contribution in [1.82, 2.24) is 9.99 Å². The first-order valence-corrected chi connectivity index (χ1v) is 7.58. The minimum atomic E-state index is 0.923. The highest BCUT2D eigenvalue weighted by atomic mass is 15.5. The Morgan fingerprint density at radius 2 is 1.68 bits per heavy atom. The number of anilines is 1. The molecule has 0 amide bonds. The molecule has 3 rings (SSSR count). The van der Waals surface area contributed by atoms with E-state index in [1.165, 1.54) is 5.56 Å². The highest BCUT2D eigenvalue weighted by Gasteiger charge is 2.15. The number of nitrogens with zero attached hydrogens (tertiary/aromatic N) is 4. The van der Waals surface area contributed by atoms with Gasteiger partial charge in [0.05, 0.1) is 13.1 Å². The van der Waals surface area contributed by atoms with Crippen LogP contribution in [0.2, 0.25) is 0 Å². The van der Waals surface area contributed by atoms with Gasteiger partial charge in [-0.2, -0.15) is 5.10 Å². The third kappa shape index (κ3) is 3.95. The molecule has 1 fully saturated rings. The Labute approximate surface area is 131 Å². The maximum Gasteiger partial charge on any atom is 0.128 e. The number of hydrazone groups is 1. The van der Waals surface area contributed by atoms with E-state index in [1.54, 1.807) is 0 Å². The smallest absolute Gasteiger partial charge is 0.128 e. The Morgan fingerprint density at radius 3 is 2.41 bits per heavy atom. The molecule has 1 aromatic heterocycles. The van der Waals surface area contributed by atoms with Gasteiger partial charge in [-0.3, -0.25) is 5.01 Å². The number of benzene rings is 1. The Kier molecular flexibility index (Phi) is 4.82. The molecule has 2 heterocycles. The van der Waals surface area contributed by atoms with Crippen LogP contribution in [0.15, 0.2) is 65.9 Å². The fourth-order valence-electron chi connectivity index (χ4n) is 2.43. The Balaban J connectivity index is 1.48. The number of rotatable bonds is 4. The molecular formula is C18H20N4. The van der Waals surface area contributed by atoms with Crippen LogP contribution in [0.5, 0.6) is 0 Å². The standard InChI is InChI=1S/C18H20N4/c1-2-7-17(8-3-1)9-6-12-20-22-15-13-21(14-16-22)18-10-4-5-11-19-18/h1-12H,13-16H2/b9-6+,20-12+. The van der Waals surface area contributed by atoms with E-state index in [9.17, 15) is 0 Å². The van der Waals surface area contributed by atoms with Crippen molar-refractivity contribution in [2.24, 2.45) is 5.10 Å². The second-order valence-corrected chi connectivity index (χ2v) is 5.16. The molecular weight excluding hydrogens is 272 g/mol. The number of pyridine rings is 1. The van der Waals surface area contributed by atoms with Gasteiger partial charge in [-0.05, 0) is 23.8 Å². The summed E-state index contributed by atoms with van der Waals surface area (Å²) >= 11 is 0. The van der Waals surface area contributed by atoms with Gasteiger partial charge in [-0.15, -0.1) is 0 Å². The van der Waals surface area contributed by atoms with Gasteiger partial charge in [0.25, 0.3) is 0 Å². The van der Waals surface area contributed by atoms with Crippen molar-refractivity contribution in [2.45, 2.75) is 0 Å². The number of hydrogen-bond acceptors (Lipinski definition) is 4. The fourth-order valence-corrected chi connectivity index (χ4v) is 2.43. The van der Waals surface area contributed by atoms with Crippen molar-refractivity contribution in [3.63, 3.8) is 0 Å². The maximum atomic E-state index is 4.50. The summed E-state index contributed by atoms with van der Waals surface area (Å²) in [6.45, 7) is 3.76. The zero-order valence-electron chi connectivity index (χ0n) is 12.5. The third-order valence-corrected chi connectivity index (χ3v) is 3.63. The molecule has 0 aliphatic carbocycles. The Bertz CT molecular complexity index is 614. The molecule has 0 N–H and O–H groups in total. The largest absolute Gasteiger partial charge is 0.353 e. The van der Waals surface area contributed by atoms with E-state index < -0.39 is 0 Å². The lowest BCUT2D eigenvalue weighted by Gasteiger charge is -2.33. The van der Waals surface area contributed by atoms with Crippen LogP contribution in [-0.2, 0) is 0 Å². The quantitative estimate of drug-likeness (QED) is 0.812. The molecule has 4 heteroatoms. The van der Waals surface area contributed by atoms with Crippen LogP contribution in [0.25, 0.3) is 6.08 Å². The molecule has 1 aromatic carbocycles. The lowest BCUT2D eigenvalue weighted by atomic mass is 10.2. The zero-order valence-corrected chi connectivity index (χ0v) is 12.5. The minimum absolute atomic E-state index is 0.923. The number of allylic oxidation sites excluding steroid dienone is 1. The van der Waals surface area contributed by atoms with E-state index in [0.29, 0.717) is 0 Å². The van der Waals surface area contributed by atoms with Crippen molar-refractivity contribution in [2.75, 3.05) is 31.1 Å². The van der Waals surface area contributed by atoms with E-state index in [1.807, 2.05) is 48.8 Å². The number of aromatic nitrogens is 1. The molecule has 0 bridgehead atoms. The minimum Gasteiger partial charge on any atom is -0.353 e. The number of piperazine rings is 1. The van der Waals surface area contributed by atoms with E-state index in [4.69, 9.17) is 0 Å². The summed E-state index contributed by atoms with van der Waals surface area (Å²) in [4.78, 5) is 6.69. The van der Waals surface area contributed by atoms with E-state index in [-0.39, 0.29) is 0 Å². The van der Waals surface area contributed by atoms with Crippen LogP contribution < -0.4 is 4.90 Å². The first-order chi connectivity index (χ1) is 10.9. The lowest BCUT2D eigenvalue weighted by Crippen LogP contribution is -2.44. The van der Waals surface area contributed by atoms with Crippen LogP contribution in [0, 0.1) is 0 Å². The zero-order chi connectivity index (χ0) is 15.0. The second kappa shape index (κ2) is 7.41. The summed E-state index contributed by atoms with van der Waals surface area (Å²) in [5, 5.41) is 6.61. The van der Waals surface area contributed by atoms with E-state index >= 15 is 0 Å². The van der Waals surface area contributed by atoms with Gasteiger partial charge in [0, 0.05) is 25.5 Å². The van der Waals surface area contributed by atoms with Gasteiger partial charge in [0.2, 0.25) is 0 Å². The van der Waals surface area contributed by atoms with Crippen molar-refractivity contribution in [3.05, 3.63) is 66.4 Å². The summed E-state index contributed by atoms with van der Waals surface area (Å²) in [7, 11) is 0. The van der Waals surface area contributed by atoms with Gasteiger partial charge >= 0.3 is 0 Å². The fraction of sp³-hybridized carbons (Fsp3) is 0.222. The third-order valence-electron chi connectivity index (χ3n) is 3.63. The molecule has 1 saturated heterocycles. The molecule has 0 spiro atoms. The lowest BCUT2D eigenvalue weighted by molar-refractivity contribution is 0.271. The Morgan fingerprint density at radius 1 is 0.909 bits per heavy atom. The van der Waals surface area contributed by atoms with Crippen LogP contribution in [0.4, 0.5) is 5.82 Å². The van der Waals surface area contributed by atoms with Gasteiger partial charge in [0.1, 0.15) is 5.82 Å². The first-order valence-electron chi connectivity index (χ1n) is 7.58. The summed E-state index contributed by atoms with van der Waals surface area (Å²) in [5.74, 6) is 1.05.